The van der Waals surface area contributed by atoms with E-state index in [2.05, 4.69) is 25.9 Å². The minimum absolute atomic E-state index is 0.102. The van der Waals surface area contributed by atoms with Crippen LogP contribution >= 0.6 is 0 Å². The van der Waals surface area contributed by atoms with Crippen LogP contribution < -0.4 is 0 Å². The van der Waals surface area contributed by atoms with Crippen molar-refractivity contribution in [1.82, 2.24) is 0 Å². The molecule has 2 aromatic rings. The second-order valence-corrected chi connectivity index (χ2v) is 6.24. The van der Waals surface area contributed by atoms with E-state index in [9.17, 15) is 4.79 Å². The fourth-order valence-electron chi connectivity index (χ4n) is 2.16. The maximum absolute atomic E-state index is 12.1. The van der Waals surface area contributed by atoms with Gasteiger partial charge in [-0.3, -0.25) is 0 Å². The van der Waals surface area contributed by atoms with E-state index >= 15 is 0 Å². The van der Waals surface area contributed by atoms with Crippen molar-refractivity contribution in [3.8, 4) is 0 Å². The summed E-state index contributed by atoms with van der Waals surface area (Å²) in [6, 6.07) is 17.2. The molecule has 23 heavy (non-hydrogen) atoms. The quantitative estimate of drug-likeness (QED) is 0.445. The van der Waals surface area contributed by atoms with E-state index in [0.717, 1.165) is 12.0 Å². The molecule has 0 saturated carbocycles. The molecule has 120 valence electrons. The fourth-order valence-corrected chi connectivity index (χ4v) is 2.16. The van der Waals surface area contributed by atoms with Gasteiger partial charge in [-0.05, 0) is 42.0 Å². The van der Waals surface area contributed by atoms with Crippen LogP contribution in [0.1, 0.15) is 55.6 Å². The van der Waals surface area contributed by atoms with Gasteiger partial charge in [-0.2, -0.15) is 0 Å². The van der Waals surface area contributed by atoms with Gasteiger partial charge in [0.15, 0.2) is 0 Å². The monoisotopic (exact) mass is 309 g/mol. The molecule has 0 fully saturated rings. The van der Waals surface area contributed by atoms with Gasteiger partial charge in [0.2, 0.25) is 0 Å². The Bertz CT molecular complexity index is 685. The van der Waals surface area contributed by atoms with E-state index in [1.807, 2.05) is 49.4 Å². The highest BCUT2D eigenvalue weighted by atomic mass is 16.7. The predicted octanol–water partition coefficient (Wildman–Crippen LogP) is 4.96. The average molecular weight is 309 g/mol. The Labute approximate surface area is 138 Å². The number of carbonyl (C=O) groups is 1. The van der Waals surface area contributed by atoms with Crippen molar-refractivity contribution in [2.24, 2.45) is 5.16 Å². The molecule has 0 saturated heterocycles. The van der Waals surface area contributed by atoms with E-state index < -0.39 is 5.97 Å². The van der Waals surface area contributed by atoms with Crippen LogP contribution in [0.15, 0.2) is 59.8 Å². The lowest BCUT2D eigenvalue weighted by Crippen LogP contribution is -2.15. The van der Waals surface area contributed by atoms with Gasteiger partial charge in [0.25, 0.3) is 0 Å². The Hall–Kier alpha value is -2.42. The maximum atomic E-state index is 12.1. The minimum Gasteiger partial charge on any atom is -0.313 e. The zero-order valence-corrected chi connectivity index (χ0v) is 14.2. The first kappa shape index (κ1) is 16.9. The minimum atomic E-state index is -0.443. The van der Waals surface area contributed by atoms with Gasteiger partial charge in [0, 0.05) is 0 Å². The fraction of sp³-hybridized carbons (Fsp3) is 0.300. The Morgan fingerprint density at radius 3 is 2.17 bits per heavy atom. The number of carbonyl (C=O) groups excluding carboxylic acids is 1. The van der Waals surface area contributed by atoms with Gasteiger partial charge < -0.3 is 4.84 Å². The second kappa shape index (κ2) is 7.23. The standard InChI is InChI=1S/C20H23NO2/c1-5-20(3,4)18-13-11-17(12-14-18)19(22)23-21-15(2)16-9-7-6-8-10-16/h6-14H,5H2,1-4H3/b21-15+. The first-order chi connectivity index (χ1) is 10.9. The number of oxime groups is 1. The third kappa shape index (κ3) is 4.28. The van der Waals surface area contributed by atoms with Crippen molar-refractivity contribution in [3.63, 3.8) is 0 Å². The van der Waals surface area contributed by atoms with Gasteiger partial charge in [-0.25, -0.2) is 4.79 Å². The van der Waals surface area contributed by atoms with Crippen LogP contribution in [-0.4, -0.2) is 11.7 Å². The lowest BCUT2D eigenvalue weighted by atomic mass is 9.82. The molecule has 0 heterocycles. The molecule has 0 aromatic heterocycles. The normalized spacial score (nSPS) is 12.1. The third-order valence-electron chi connectivity index (χ3n) is 4.24. The molecule has 0 amide bonds. The van der Waals surface area contributed by atoms with Crippen LogP contribution in [-0.2, 0) is 10.3 Å². The average Bonchev–Trinajstić information content (AvgIpc) is 2.60. The highest BCUT2D eigenvalue weighted by Gasteiger charge is 2.18. The first-order valence-electron chi connectivity index (χ1n) is 7.86. The molecular weight excluding hydrogens is 286 g/mol. The van der Waals surface area contributed by atoms with Crippen LogP contribution in [0.4, 0.5) is 0 Å². The van der Waals surface area contributed by atoms with E-state index in [1.54, 1.807) is 12.1 Å². The summed E-state index contributed by atoms with van der Waals surface area (Å²) in [5, 5.41) is 3.93. The zero-order chi connectivity index (χ0) is 16.9. The highest BCUT2D eigenvalue weighted by molar-refractivity contribution is 5.99. The number of nitrogens with zero attached hydrogens (tertiary/aromatic N) is 1. The lowest BCUT2D eigenvalue weighted by molar-refractivity contribution is 0.0516. The Kier molecular flexibility index (Phi) is 5.32. The van der Waals surface area contributed by atoms with Crippen molar-refractivity contribution in [1.29, 1.82) is 0 Å². The number of hydrogen-bond donors (Lipinski definition) is 0. The number of rotatable bonds is 5. The molecule has 0 radical (unpaired) electrons. The molecule has 2 aromatic carbocycles. The van der Waals surface area contributed by atoms with Gasteiger partial charge in [0.1, 0.15) is 0 Å². The largest absolute Gasteiger partial charge is 0.365 e. The predicted molar refractivity (Wildman–Crippen MR) is 93.8 cm³/mol. The molecule has 0 aliphatic rings. The summed E-state index contributed by atoms with van der Waals surface area (Å²) in [5.41, 5.74) is 3.42. The highest BCUT2D eigenvalue weighted by Crippen LogP contribution is 2.26. The second-order valence-electron chi connectivity index (χ2n) is 6.24. The van der Waals surface area contributed by atoms with Crippen LogP contribution in [0.25, 0.3) is 0 Å². The molecule has 0 N–H and O–H groups in total. The Morgan fingerprint density at radius 1 is 1.00 bits per heavy atom. The van der Waals surface area contributed by atoms with Crippen LogP contribution in [0, 0.1) is 0 Å². The molecule has 0 atom stereocenters. The van der Waals surface area contributed by atoms with E-state index in [1.165, 1.54) is 5.56 Å². The summed E-state index contributed by atoms with van der Waals surface area (Å²) in [6.45, 7) is 8.35. The molecule has 0 unspecified atom stereocenters. The maximum Gasteiger partial charge on any atom is 0.365 e. The summed E-state index contributed by atoms with van der Waals surface area (Å²) in [5.74, 6) is -0.443. The smallest absolute Gasteiger partial charge is 0.313 e. The van der Waals surface area contributed by atoms with Gasteiger partial charge >= 0.3 is 5.97 Å². The molecular formula is C20H23NO2. The van der Waals surface area contributed by atoms with Crippen LogP contribution in [0.5, 0.6) is 0 Å². The van der Waals surface area contributed by atoms with Gasteiger partial charge in [-0.15, -0.1) is 0 Å². The van der Waals surface area contributed by atoms with Crippen LogP contribution in [0.3, 0.4) is 0 Å². The van der Waals surface area contributed by atoms with E-state index in [0.29, 0.717) is 11.3 Å². The topological polar surface area (TPSA) is 38.7 Å². The van der Waals surface area contributed by atoms with Gasteiger partial charge in [-0.1, -0.05) is 68.4 Å². The van der Waals surface area contributed by atoms with Crippen molar-refractivity contribution in [2.75, 3.05) is 0 Å². The Balaban J connectivity index is 2.07. The van der Waals surface area contributed by atoms with Gasteiger partial charge in [0.05, 0.1) is 11.3 Å². The van der Waals surface area contributed by atoms with Crippen molar-refractivity contribution in [2.45, 2.75) is 39.5 Å². The zero-order valence-electron chi connectivity index (χ0n) is 14.2. The number of hydrogen-bond acceptors (Lipinski definition) is 3. The molecule has 3 heteroatoms. The summed E-state index contributed by atoms with van der Waals surface area (Å²) >= 11 is 0. The summed E-state index contributed by atoms with van der Waals surface area (Å²) < 4.78 is 0. The van der Waals surface area contributed by atoms with E-state index in [4.69, 9.17) is 4.84 Å². The third-order valence-corrected chi connectivity index (χ3v) is 4.24. The van der Waals surface area contributed by atoms with Crippen molar-refractivity contribution >= 4 is 11.7 Å². The molecule has 3 nitrogen and oxygen atoms in total. The molecule has 0 aliphatic heterocycles. The molecule has 0 spiro atoms. The summed E-state index contributed by atoms with van der Waals surface area (Å²) in [4.78, 5) is 17.1. The first-order valence-corrected chi connectivity index (χ1v) is 7.86. The van der Waals surface area contributed by atoms with Crippen LogP contribution in [0.2, 0.25) is 0 Å². The molecule has 0 bridgehead atoms. The number of benzene rings is 2. The lowest BCUT2D eigenvalue weighted by Gasteiger charge is -2.23. The molecule has 0 aliphatic carbocycles. The molecule has 2 rings (SSSR count). The van der Waals surface area contributed by atoms with E-state index in [-0.39, 0.29) is 5.41 Å². The Morgan fingerprint density at radius 2 is 1.61 bits per heavy atom. The van der Waals surface area contributed by atoms with Crippen molar-refractivity contribution in [3.05, 3.63) is 71.3 Å². The summed E-state index contributed by atoms with van der Waals surface area (Å²) in [6.07, 6.45) is 1.04. The van der Waals surface area contributed by atoms with Crippen molar-refractivity contribution < 1.29 is 9.63 Å². The summed E-state index contributed by atoms with van der Waals surface area (Å²) in [7, 11) is 0. The SMILES string of the molecule is CCC(C)(C)c1ccc(C(=O)O/N=C(\C)c2ccccc2)cc1.